The molecule has 8 nitrogen and oxygen atoms in total. The van der Waals surface area contributed by atoms with E-state index in [-0.39, 0.29) is 31.8 Å². The van der Waals surface area contributed by atoms with Gasteiger partial charge in [-0.15, -0.1) is 0 Å². The van der Waals surface area contributed by atoms with E-state index in [1.807, 2.05) is 0 Å². The van der Waals surface area contributed by atoms with Crippen molar-refractivity contribution < 1.29 is 27.7 Å². The third-order valence-corrected chi connectivity index (χ3v) is 7.97. The lowest BCUT2D eigenvalue weighted by Gasteiger charge is -2.24. The first kappa shape index (κ1) is 23.0. The van der Waals surface area contributed by atoms with Crippen LogP contribution in [-0.4, -0.2) is 34.4 Å². The van der Waals surface area contributed by atoms with Crippen molar-refractivity contribution in [3.05, 3.63) is 87.2 Å². The smallest absolute Gasteiger partial charge is 0.336 e. The molecule has 2 N–H and O–H groups in total. The minimum absolute atomic E-state index is 0.0138. The molecule has 0 radical (unpaired) electrons. The summed E-state index contributed by atoms with van der Waals surface area (Å²) in [7, 11) is -3.47. The van der Waals surface area contributed by atoms with Crippen LogP contribution in [0, 0.1) is 6.92 Å². The molecule has 0 aliphatic heterocycles. The van der Waals surface area contributed by atoms with Crippen LogP contribution in [0.4, 0.5) is 0 Å². The number of benzene rings is 3. The van der Waals surface area contributed by atoms with Crippen LogP contribution in [0.25, 0.3) is 22.0 Å². The number of rotatable bonds is 4. The number of aryl methyl sites for hydroxylation is 2. The number of ketones is 1. The molecule has 0 spiro atoms. The molecule has 1 heterocycles. The molecule has 1 aliphatic rings. The van der Waals surface area contributed by atoms with Crippen LogP contribution in [-0.2, 0) is 17.2 Å². The number of nitrogens with zero attached hydrogens (tertiary/aromatic N) is 1. The lowest BCUT2D eigenvalue weighted by atomic mass is 9.84. The largest absolute Gasteiger partial charge is 0.478 e. The zero-order valence-electron chi connectivity index (χ0n) is 18.4. The number of carbonyl (C=O) groups is 2. The summed E-state index contributed by atoms with van der Waals surface area (Å²) in [5.74, 6) is -1.58. The summed E-state index contributed by atoms with van der Waals surface area (Å²) in [4.78, 5) is 38.3. The van der Waals surface area contributed by atoms with Gasteiger partial charge in [0.05, 0.1) is 11.1 Å². The van der Waals surface area contributed by atoms with Crippen molar-refractivity contribution >= 4 is 44.5 Å². The Labute approximate surface area is 203 Å². The molecule has 3 aromatic carbocycles. The first-order valence-corrected chi connectivity index (χ1v) is 12.6. The van der Waals surface area contributed by atoms with E-state index in [0.717, 1.165) is 22.4 Å². The average molecular weight is 508 g/mol. The second-order valence-electron chi connectivity index (χ2n) is 8.18. The van der Waals surface area contributed by atoms with Gasteiger partial charge in [0.1, 0.15) is 4.90 Å². The van der Waals surface area contributed by atoms with E-state index in [2.05, 4.69) is 0 Å². The van der Waals surface area contributed by atoms with Gasteiger partial charge in [-0.25, -0.2) is 4.79 Å². The van der Waals surface area contributed by atoms with Gasteiger partial charge in [0.15, 0.2) is 5.78 Å². The Morgan fingerprint density at radius 3 is 2.29 bits per heavy atom. The molecule has 0 amide bonds. The van der Waals surface area contributed by atoms with Crippen molar-refractivity contribution in [2.24, 2.45) is 7.05 Å². The van der Waals surface area contributed by atoms with E-state index in [1.165, 1.54) is 19.2 Å². The molecule has 0 bridgehead atoms. The van der Waals surface area contributed by atoms with Crippen LogP contribution in [0.15, 0.2) is 74.1 Å². The number of carboxylic acid groups (broad SMARTS) is 1. The summed E-state index contributed by atoms with van der Waals surface area (Å²) in [6.07, 6.45) is 0. The first-order chi connectivity index (χ1) is 16.5. The van der Waals surface area contributed by atoms with Gasteiger partial charge in [0.2, 0.25) is 0 Å². The van der Waals surface area contributed by atoms with Gasteiger partial charge >= 0.3 is 5.97 Å². The zero-order valence-corrected chi connectivity index (χ0v) is 20.0. The van der Waals surface area contributed by atoms with Crippen LogP contribution in [0.5, 0.6) is 0 Å². The normalized spacial score (nSPS) is 12.6. The second-order valence-corrected chi connectivity index (χ2v) is 10.7. The van der Waals surface area contributed by atoms with E-state index >= 15 is 0 Å². The minimum Gasteiger partial charge on any atom is -0.478 e. The Kier molecular flexibility index (Phi) is 5.20. The molecule has 0 saturated heterocycles. The van der Waals surface area contributed by atoms with Gasteiger partial charge < -0.3 is 9.67 Å². The Bertz CT molecular complexity index is 1790. The molecule has 5 rings (SSSR count). The Morgan fingerprint density at radius 1 is 0.943 bits per heavy atom. The summed E-state index contributed by atoms with van der Waals surface area (Å²) in [5, 5.41) is 9.91. The lowest BCUT2D eigenvalue weighted by Crippen LogP contribution is -2.22. The van der Waals surface area contributed by atoms with Crippen molar-refractivity contribution in [2.75, 3.05) is 0 Å². The van der Waals surface area contributed by atoms with Crippen molar-refractivity contribution in [1.82, 2.24) is 4.57 Å². The van der Waals surface area contributed by atoms with Crippen LogP contribution in [0.3, 0.4) is 0 Å². The molecule has 0 fully saturated rings. The highest BCUT2D eigenvalue weighted by molar-refractivity contribution is 7.99. The average Bonchev–Trinajstić information content (AvgIpc) is 2.80. The van der Waals surface area contributed by atoms with E-state index in [9.17, 15) is 32.5 Å². The maximum Gasteiger partial charge on any atom is 0.336 e. The summed E-state index contributed by atoms with van der Waals surface area (Å²) in [5.41, 5.74) is 1.39. The second kappa shape index (κ2) is 7.91. The highest BCUT2D eigenvalue weighted by atomic mass is 32.2. The predicted molar refractivity (Wildman–Crippen MR) is 130 cm³/mol. The summed E-state index contributed by atoms with van der Waals surface area (Å²) < 4.78 is 36.0. The Hall–Kier alpha value is -3.73. The number of hydrogen-bond donors (Lipinski definition) is 2. The number of carboxylic acids is 1. The van der Waals surface area contributed by atoms with E-state index in [0.29, 0.717) is 22.3 Å². The number of aromatic carboxylic acids is 1. The fourth-order valence-corrected chi connectivity index (χ4v) is 6.33. The van der Waals surface area contributed by atoms with Gasteiger partial charge in [0.25, 0.3) is 15.7 Å². The number of aromatic nitrogens is 1. The van der Waals surface area contributed by atoms with Crippen LogP contribution in [0.1, 0.15) is 31.8 Å². The lowest BCUT2D eigenvalue weighted by molar-refractivity contribution is 0.0692. The zero-order chi connectivity index (χ0) is 25.2. The fraction of sp³-hybridized carbons (Fsp3) is 0.0800. The fourth-order valence-electron chi connectivity index (χ4n) is 4.41. The Balaban J connectivity index is 1.96. The molecule has 1 aliphatic carbocycles. The molecular formula is C25H17NO7S2. The highest BCUT2D eigenvalue weighted by Gasteiger charge is 2.33. The van der Waals surface area contributed by atoms with Crippen molar-refractivity contribution in [3.63, 3.8) is 0 Å². The maximum absolute atomic E-state index is 13.7. The van der Waals surface area contributed by atoms with Crippen molar-refractivity contribution in [3.8, 4) is 11.1 Å². The van der Waals surface area contributed by atoms with E-state index in [1.54, 1.807) is 43.3 Å². The van der Waals surface area contributed by atoms with Gasteiger partial charge in [0, 0.05) is 39.4 Å². The monoisotopic (exact) mass is 507 g/mol. The molecule has 10 heteroatoms. The van der Waals surface area contributed by atoms with Gasteiger partial charge in [-0.3, -0.25) is 14.1 Å². The summed E-state index contributed by atoms with van der Waals surface area (Å²) >= 11 is 0.914. The van der Waals surface area contributed by atoms with Crippen molar-refractivity contribution in [2.45, 2.75) is 21.6 Å². The minimum atomic E-state index is -4.83. The van der Waals surface area contributed by atoms with Crippen molar-refractivity contribution in [1.29, 1.82) is 0 Å². The highest BCUT2D eigenvalue weighted by Crippen LogP contribution is 2.46. The van der Waals surface area contributed by atoms with Crippen LogP contribution in [0.2, 0.25) is 0 Å². The van der Waals surface area contributed by atoms with E-state index in [4.69, 9.17) is 0 Å². The standard InChI is InChI=1S/C25H17NO7S2/c1-12-7-8-17(16(9-12)25(29)30)34-18-11-19(35(31,32)33)23-21-15(10-20(27)26(23)2)13-5-3-4-6-14(13)24(28)22(18)21/h3-11H,1-2H3,(H,29,30)(H,31,32,33). The maximum atomic E-state index is 13.7. The topological polar surface area (TPSA) is 131 Å². The third kappa shape index (κ3) is 3.57. The third-order valence-electron chi connectivity index (χ3n) is 5.98. The molecule has 0 atom stereocenters. The van der Waals surface area contributed by atoms with Gasteiger partial charge in [-0.1, -0.05) is 47.7 Å². The molecule has 176 valence electrons. The molecule has 1 aromatic heterocycles. The number of fused-ring (bicyclic) bond motifs is 2. The first-order valence-electron chi connectivity index (χ1n) is 10.3. The van der Waals surface area contributed by atoms with E-state index < -0.39 is 32.3 Å². The number of carbonyl (C=O) groups excluding carboxylic acids is 1. The number of pyridine rings is 1. The Morgan fingerprint density at radius 2 is 1.63 bits per heavy atom. The summed E-state index contributed by atoms with van der Waals surface area (Å²) in [6, 6.07) is 13.9. The quantitative estimate of drug-likeness (QED) is 0.347. The molecule has 0 saturated carbocycles. The summed E-state index contributed by atoms with van der Waals surface area (Å²) in [6.45, 7) is 1.74. The molecule has 4 aromatic rings. The number of hydrogen-bond acceptors (Lipinski definition) is 6. The van der Waals surface area contributed by atoms with Gasteiger partial charge in [-0.2, -0.15) is 8.42 Å². The van der Waals surface area contributed by atoms with Gasteiger partial charge in [-0.05, 0) is 36.2 Å². The van der Waals surface area contributed by atoms with Crippen LogP contribution >= 0.6 is 11.8 Å². The molecule has 35 heavy (non-hydrogen) atoms. The molecular weight excluding hydrogens is 490 g/mol. The van der Waals surface area contributed by atoms with Crippen LogP contribution < -0.4 is 5.56 Å². The molecule has 0 unspecified atom stereocenters. The SMILES string of the molecule is Cc1ccc(Sc2cc(S(=O)(=O)O)c3c4c(cc(=O)n3C)-c3ccccc3C(=O)c24)c(C(=O)O)c1. The predicted octanol–water partition coefficient (Wildman–Crippen LogP) is 4.15.